The van der Waals surface area contributed by atoms with Crippen molar-refractivity contribution in [1.82, 2.24) is 4.72 Å². The number of benzene rings is 2. The molecule has 2 aromatic rings. The third-order valence-electron chi connectivity index (χ3n) is 3.20. The lowest BCUT2D eigenvalue weighted by Gasteiger charge is -2.09. The second-order valence-electron chi connectivity index (χ2n) is 4.62. The van der Waals surface area contributed by atoms with Crippen LogP contribution < -0.4 is 10.5 Å². The molecule has 0 aliphatic heterocycles. The zero-order valence-electron chi connectivity index (χ0n) is 12.0. The van der Waals surface area contributed by atoms with Crippen LogP contribution >= 0.6 is 11.8 Å². The normalized spacial score (nSPS) is 11.5. The molecule has 0 heterocycles. The van der Waals surface area contributed by atoms with Gasteiger partial charge in [0.2, 0.25) is 10.0 Å². The summed E-state index contributed by atoms with van der Waals surface area (Å²) < 4.78 is 25.8. The summed E-state index contributed by atoms with van der Waals surface area (Å²) in [5, 5.41) is 0. The highest BCUT2D eigenvalue weighted by Crippen LogP contribution is 2.28. The van der Waals surface area contributed by atoms with Crippen LogP contribution in [0.5, 0.6) is 0 Å². The fourth-order valence-corrected chi connectivity index (χ4v) is 3.76. The van der Waals surface area contributed by atoms with Crippen molar-refractivity contribution in [2.24, 2.45) is 0 Å². The number of thioether (sulfide) groups is 1. The molecule has 0 fully saturated rings. The molecule has 0 atom stereocenters. The van der Waals surface area contributed by atoms with Crippen LogP contribution in [0, 0.1) is 6.92 Å². The lowest BCUT2D eigenvalue weighted by Crippen LogP contribution is -2.19. The quantitative estimate of drug-likeness (QED) is 0.656. The van der Waals surface area contributed by atoms with Gasteiger partial charge in [-0.25, -0.2) is 13.1 Å². The van der Waals surface area contributed by atoms with Gasteiger partial charge in [-0.15, -0.1) is 11.8 Å². The zero-order chi connectivity index (χ0) is 15.5. The van der Waals surface area contributed by atoms with Crippen LogP contribution in [0.4, 0.5) is 5.69 Å². The van der Waals surface area contributed by atoms with Gasteiger partial charge in [-0.2, -0.15) is 0 Å². The molecule has 0 spiro atoms. The highest BCUT2D eigenvalue weighted by atomic mass is 32.2. The van der Waals surface area contributed by atoms with Crippen molar-refractivity contribution in [2.75, 3.05) is 12.8 Å². The molecule has 0 amide bonds. The highest BCUT2D eigenvalue weighted by molar-refractivity contribution is 7.98. The number of anilines is 1. The van der Waals surface area contributed by atoms with Gasteiger partial charge in [0.05, 0.1) is 5.69 Å². The van der Waals surface area contributed by atoms with Crippen LogP contribution in [0.1, 0.15) is 11.1 Å². The van der Waals surface area contributed by atoms with Gasteiger partial charge in [0.1, 0.15) is 4.90 Å². The van der Waals surface area contributed by atoms with Gasteiger partial charge in [-0.3, -0.25) is 0 Å². The van der Waals surface area contributed by atoms with Gasteiger partial charge < -0.3 is 5.73 Å². The number of hydrogen-bond acceptors (Lipinski definition) is 4. The molecule has 6 heteroatoms. The number of nitrogens with one attached hydrogen (secondary N) is 1. The van der Waals surface area contributed by atoms with Crippen LogP contribution in [-0.4, -0.2) is 15.5 Å². The Hall–Kier alpha value is -1.50. The highest BCUT2D eigenvalue weighted by Gasteiger charge is 2.15. The first-order valence-corrected chi connectivity index (χ1v) is 8.91. The topological polar surface area (TPSA) is 72.2 Å². The van der Waals surface area contributed by atoms with Gasteiger partial charge >= 0.3 is 0 Å². The standard InChI is InChI=1S/C15H18N2O2S2/c1-11-5-3-4-6-12(11)10-20-13-7-8-15(14(16)9-13)21(18,19)17-2/h3-9,17H,10,16H2,1-2H3. The summed E-state index contributed by atoms with van der Waals surface area (Å²) in [6.45, 7) is 2.08. The van der Waals surface area contributed by atoms with Gasteiger partial charge in [-0.05, 0) is 43.3 Å². The number of hydrogen-bond donors (Lipinski definition) is 2. The average molecular weight is 322 g/mol. The number of sulfonamides is 1. The molecule has 4 nitrogen and oxygen atoms in total. The van der Waals surface area contributed by atoms with Crippen LogP contribution in [-0.2, 0) is 15.8 Å². The van der Waals surface area contributed by atoms with Crippen molar-refractivity contribution in [3.05, 3.63) is 53.6 Å². The van der Waals surface area contributed by atoms with Crippen molar-refractivity contribution in [2.45, 2.75) is 22.5 Å². The van der Waals surface area contributed by atoms with E-state index in [-0.39, 0.29) is 10.6 Å². The minimum absolute atomic E-state index is 0.116. The smallest absolute Gasteiger partial charge is 0.242 e. The first kappa shape index (κ1) is 15.9. The van der Waals surface area contributed by atoms with Gasteiger partial charge in [0, 0.05) is 10.6 Å². The molecule has 0 aliphatic rings. The Kier molecular flexibility index (Phi) is 4.92. The fourth-order valence-electron chi connectivity index (χ4n) is 1.90. The summed E-state index contributed by atoms with van der Waals surface area (Å²) in [4.78, 5) is 1.07. The maximum absolute atomic E-state index is 11.8. The van der Waals surface area contributed by atoms with Crippen LogP contribution in [0.2, 0.25) is 0 Å². The van der Waals surface area contributed by atoms with E-state index in [1.54, 1.807) is 30.0 Å². The fraction of sp³-hybridized carbons (Fsp3) is 0.200. The van der Waals surface area contributed by atoms with Crippen LogP contribution in [0.3, 0.4) is 0 Å². The van der Waals surface area contributed by atoms with E-state index >= 15 is 0 Å². The minimum atomic E-state index is -3.50. The predicted molar refractivity (Wildman–Crippen MR) is 87.8 cm³/mol. The number of nitrogens with two attached hydrogens (primary N) is 1. The Morgan fingerprint density at radius 3 is 2.52 bits per heavy atom. The average Bonchev–Trinajstić information content (AvgIpc) is 2.46. The van der Waals surface area contributed by atoms with Crippen molar-refractivity contribution in [3.8, 4) is 0 Å². The van der Waals surface area contributed by atoms with E-state index in [4.69, 9.17) is 5.73 Å². The second-order valence-corrected chi connectivity index (χ2v) is 7.53. The minimum Gasteiger partial charge on any atom is -0.398 e. The molecule has 21 heavy (non-hydrogen) atoms. The van der Waals surface area contributed by atoms with E-state index in [0.29, 0.717) is 0 Å². The van der Waals surface area contributed by atoms with Gasteiger partial charge in [0.15, 0.2) is 0 Å². The molecule has 2 aromatic carbocycles. The molecule has 2 rings (SSSR count). The van der Waals surface area contributed by atoms with E-state index in [9.17, 15) is 8.42 Å². The Bertz CT molecular complexity index is 743. The number of nitrogen functional groups attached to an aromatic ring is 1. The lowest BCUT2D eigenvalue weighted by atomic mass is 10.1. The maximum atomic E-state index is 11.8. The Balaban J connectivity index is 2.17. The number of rotatable bonds is 5. The lowest BCUT2D eigenvalue weighted by molar-refractivity contribution is 0.588. The summed E-state index contributed by atoms with van der Waals surface area (Å²) in [5.74, 6) is 0.824. The Morgan fingerprint density at radius 2 is 1.90 bits per heavy atom. The van der Waals surface area contributed by atoms with E-state index in [2.05, 4.69) is 23.8 Å². The third kappa shape index (κ3) is 3.78. The first-order valence-electron chi connectivity index (χ1n) is 6.44. The number of aryl methyl sites for hydroxylation is 1. The first-order chi connectivity index (χ1) is 9.94. The van der Waals surface area contributed by atoms with Crippen LogP contribution in [0.15, 0.2) is 52.3 Å². The summed E-state index contributed by atoms with van der Waals surface area (Å²) >= 11 is 1.63. The SMILES string of the molecule is CNS(=O)(=O)c1ccc(SCc2ccccc2C)cc1N. The van der Waals surface area contributed by atoms with E-state index in [0.717, 1.165) is 10.6 Å². The molecule has 0 aliphatic carbocycles. The van der Waals surface area contributed by atoms with Crippen molar-refractivity contribution < 1.29 is 8.42 Å². The van der Waals surface area contributed by atoms with Crippen molar-refractivity contribution in [3.63, 3.8) is 0 Å². The molecule has 0 saturated heterocycles. The molecule has 0 radical (unpaired) electrons. The van der Waals surface area contributed by atoms with Gasteiger partial charge in [-0.1, -0.05) is 24.3 Å². The van der Waals surface area contributed by atoms with E-state index in [1.165, 1.54) is 18.2 Å². The summed E-state index contributed by atoms with van der Waals surface area (Å²) in [6.07, 6.45) is 0. The molecular weight excluding hydrogens is 304 g/mol. The molecule has 0 unspecified atom stereocenters. The molecule has 0 saturated carbocycles. The summed E-state index contributed by atoms with van der Waals surface area (Å²) in [6, 6.07) is 13.2. The monoisotopic (exact) mass is 322 g/mol. The molecule has 3 N–H and O–H groups in total. The van der Waals surface area contributed by atoms with Crippen molar-refractivity contribution in [1.29, 1.82) is 0 Å². The Morgan fingerprint density at radius 1 is 1.19 bits per heavy atom. The molecule has 0 bridgehead atoms. The largest absolute Gasteiger partial charge is 0.398 e. The summed E-state index contributed by atoms with van der Waals surface area (Å²) in [5.41, 5.74) is 8.61. The molecular formula is C15H18N2O2S2. The van der Waals surface area contributed by atoms with E-state index < -0.39 is 10.0 Å². The van der Waals surface area contributed by atoms with Gasteiger partial charge in [0.25, 0.3) is 0 Å². The maximum Gasteiger partial charge on any atom is 0.242 e. The molecule has 0 aromatic heterocycles. The van der Waals surface area contributed by atoms with Crippen LogP contribution in [0.25, 0.3) is 0 Å². The third-order valence-corrected chi connectivity index (χ3v) is 5.73. The van der Waals surface area contributed by atoms with Crippen molar-refractivity contribution >= 4 is 27.5 Å². The Labute approximate surface area is 129 Å². The molecule has 112 valence electrons. The van der Waals surface area contributed by atoms with E-state index in [1.807, 2.05) is 12.1 Å². The zero-order valence-corrected chi connectivity index (χ0v) is 13.6. The second kappa shape index (κ2) is 6.51. The predicted octanol–water partition coefficient (Wildman–Crippen LogP) is 2.78. The summed E-state index contributed by atoms with van der Waals surface area (Å²) in [7, 11) is -2.13.